The Bertz CT molecular complexity index is 1450. The first-order valence-electron chi connectivity index (χ1n) is 11.5. The molecule has 35 heavy (non-hydrogen) atoms. The highest BCUT2D eigenvalue weighted by Gasteiger charge is 2.22. The molecule has 7 heteroatoms. The Morgan fingerprint density at radius 3 is 2.34 bits per heavy atom. The topological polar surface area (TPSA) is 64.3 Å². The van der Waals surface area contributed by atoms with Gasteiger partial charge in [-0.3, -0.25) is 0 Å². The summed E-state index contributed by atoms with van der Waals surface area (Å²) in [5.74, 6) is -0.423. The van der Waals surface area contributed by atoms with Crippen LogP contribution in [0.3, 0.4) is 0 Å². The van der Waals surface area contributed by atoms with E-state index in [1.165, 1.54) is 32.1 Å². The van der Waals surface area contributed by atoms with Crippen LogP contribution < -0.4 is 9.47 Å². The van der Waals surface area contributed by atoms with Crippen molar-refractivity contribution in [2.45, 2.75) is 30.5 Å². The fraction of sp³-hybridized carbons (Fsp3) is 0.179. The number of rotatable bonds is 5. The molecule has 0 unspecified atom stereocenters. The van der Waals surface area contributed by atoms with E-state index in [9.17, 15) is 13.0 Å². The van der Waals surface area contributed by atoms with Crippen molar-refractivity contribution in [1.29, 1.82) is 0 Å². The number of hydrogen-bond donors (Lipinski definition) is 0. The van der Waals surface area contributed by atoms with Gasteiger partial charge in [-0.25, -0.2) is 8.42 Å². The van der Waals surface area contributed by atoms with Crippen LogP contribution in [0.15, 0.2) is 101 Å². The zero-order valence-electron chi connectivity index (χ0n) is 19.8. The summed E-state index contributed by atoms with van der Waals surface area (Å²) in [4.78, 5) is 3.61. The van der Waals surface area contributed by atoms with Gasteiger partial charge in [0.05, 0.1) is 32.0 Å². The van der Waals surface area contributed by atoms with E-state index in [1.807, 2.05) is 11.8 Å². The zero-order valence-corrected chi connectivity index (χ0v) is 21.4. The minimum Gasteiger partial charge on any atom is -0.748 e. The maximum atomic E-state index is 10.2. The number of benzene rings is 3. The largest absolute Gasteiger partial charge is 0.748 e. The number of aromatic nitrogens is 1. The first kappa shape index (κ1) is 25.0. The van der Waals surface area contributed by atoms with Crippen LogP contribution in [0.2, 0.25) is 0 Å². The molecule has 1 aliphatic rings. The molecule has 1 aliphatic heterocycles. The van der Waals surface area contributed by atoms with Gasteiger partial charge in [0, 0.05) is 30.5 Å². The minimum absolute atomic E-state index is 0.423. The minimum atomic E-state index is -4.13. The van der Waals surface area contributed by atoms with Crippen molar-refractivity contribution in [3.8, 4) is 0 Å². The van der Waals surface area contributed by atoms with Crippen LogP contribution in [0.4, 0.5) is 5.69 Å². The fourth-order valence-electron chi connectivity index (χ4n) is 4.03. The number of anilines is 1. The second-order valence-electron chi connectivity index (χ2n) is 8.28. The standard InChI is InChI=1S/C21H21N2S.C7H8O3S/c1-3-13-23-14-12-16(17-8-4-5-9-18(17)23)15-21-22(2)19-10-6-7-11-20(19)24-21;8-11(9,10)6-7-4-2-1-3-5-7/h4-12,14-15H,3,13H2,1-2H3;1-5H,6H2,(H,8,9,10)/q+1;/p-1. The summed E-state index contributed by atoms with van der Waals surface area (Å²) in [5.41, 5.74) is 4.40. The molecule has 0 N–H and O–H groups in total. The quantitative estimate of drug-likeness (QED) is 0.254. The van der Waals surface area contributed by atoms with E-state index in [1.54, 1.807) is 30.3 Å². The number of para-hydroxylation sites is 2. The van der Waals surface area contributed by atoms with Gasteiger partial charge in [0.15, 0.2) is 6.20 Å². The highest BCUT2D eigenvalue weighted by molar-refractivity contribution is 8.03. The second kappa shape index (κ2) is 11.1. The predicted octanol–water partition coefficient (Wildman–Crippen LogP) is 5.81. The predicted molar refractivity (Wildman–Crippen MR) is 143 cm³/mol. The van der Waals surface area contributed by atoms with Crippen LogP contribution in [-0.2, 0) is 22.4 Å². The van der Waals surface area contributed by atoms with E-state index in [4.69, 9.17) is 0 Å². The monoisotopic (exact) mass is 504 g/mol. The summed E-state index contributed by atoms with van der Waals surface area (Å²) in [6.07, 6.45) is 5.66. The Labute approximate surface area is 211 Å². The van der Waals surface area contributed by atoms with Crippen LogP contribution in [0, 0.1) is 0 Å². The molecular formula is C28H28N2O3S2. The Hall–Kier alpha value is -3.13. The van der Waals surface area contributed by atoms with Crippen molar-refractivity contribution >= 4 is 44.5 Å². The molecule has 0 aliphatic carbocycles. The van der Waals surface area contributed by atoms with Gasteiger partial charge in [0.2, 0.25) is 5.52 Å². The first-order valence-corrected chi connectivity index (χ1v) is 13.9. The molecule has 0 saturated heterocycles. The molecule has 0 fully saturated rings. The molecule has 3 aromatic carbocycles. The Morgan fingerprint density at radius 1 is 0.943 bits per heavy atom. The normalized spacial score (nSPS) is 14.0. The highest BCUT2D eigenvalue weighted by atomic mass is 32.2. The van der Waals surface area contributed by atoms with Gasteiger partial charge in [0.1, 0.15) is 6.54 Å². The Kier molecular flexibility index (Phi) is 7.90. The lowest BCUT2D eigenvalue weighted by atomic mass is 10.1. The van der Waals surface area contributed by atoms with Crippen LogP contribution in [-0.4, -0.2) is 20.0 Å². The molecule has 1 aromatic heterocycles. The SMILES string of the molecule is CCC[n+]1ccc(/C=C2\Sc3ccccc3N2C)c2ccccc21.O=S(=O)([O-])Cc1ccccc1. The number of nitrogens with zero attached hydrogens (tertiary/aromatic N) is 2. The molecule has 5 nitrogen and oxygen atoms in total. The Balaban J connectivity index is 0.000000221. The number of fused-ring (bicyclic) bond motifs is 2. The maximum Gasteiger partial charge on any atom is 0.213 e. The molecule has 2 heterocycles. The summed E-state index contributed by atoms with van der Waals surface area (Å²) < 4.78 is 33.1. The first-order chi connectivity index (χ1) is 16.9. The van der Waals surface area contributed by atoms with Gasteiger partial charge in [-0.2, -0.15) is 4.57 Å². The molecule has 180 valence electrons. The van der Waals surface area contributed by atoms with E-state index in [0.29, 0.717) is 5.56 Å². The van der Waals surface area contributed by atoms with Crippen molar-refractivity contribution in [2.75, 3.05) is 11.9 Å². The summed E-state index contributed by atoms with van der Waals surface area (Å²) >= 11 is 1.84. The van der Waals surface area contributed by atoms with Crippen molar-refractivity contribution < 1.29 is 17.5 Å². The molecule has 0 saturated carbocycles. The summed E-state index contributed by atoms with van der Waals surface area (Å²) in [6, 6.07) is 27.9. The van der Waals surface area contributed by atoms with E-state index >= 15 is 0 Å². The average molecular weight is 505 g/mol. The molecule has 5 rings (SSSR count). The van der Waals surface area contributed by atoms with Crippen LogP contribution in [0.1, 0.15) is 24.5 Å². The van der Waals surface area contributed by atoms with Crippen LogP contribution in [0.5, 0.6) is 0 Å². The molecule has 0 atom stereocenters. The van der Waals surface area contributed by atoms with E-state index in [2.05, 4.69) is 90.3 Å². The van der Waals surface area contributed by atoms with E-state index in [-0.39, 0.29) is 0 Å². The van der Waals surface area contributed by atoms with Gasteiger partial charge in [-0.1, -0.05) is 73.3 Å². The lowest BCUT2D eigenvalue weighted by molar-refractivity contribution is -0.671. The lowest BCUT2D eigenvalue weighted by Crippen LogP contribution is -2.33. The van der Waals surface area contributed by atoms with E-state index in [0.717, 1.165) is 13.0 Å². The number of pyridine rings is 1. The molecular weight excluding hydrogens is 476 g/mol. The summed E-state index contributed by atoms with van der Waals surface area (Å²) in [5, 5.41) is 2.58. The third-order valence-corrected chi connectivity index (χ3v) is 7.51. The second-order valence-corrected chi connectivity index (χ2v) is 10.7. The Morgan fingerprint density at radius 2 is 1.63 bits per heavy atom. The van der Waals surface area contributed by atoms with Crippen LogP contribution >= 0.6 is 11.8 Å². The van der Waals surface area contributed by atoms with Gasteiger partial charge < -0.3 is 9.45 Å². The maximum absolute atomic E-state index is 10.2. The van der Waals surface area contributed by atoms with Crippen molar-refractivity contribution in [3.63, 3.8) is 0 Å². The lowest BCUT2D eigenvalue weighted by Gasteiger charge is -2.13. The van der Waals surface area contributed by atoms with Crippen LogP contribution in [0.25, 0.3) is 17.0 Å². The molecule has 4 aromatic rings. The zero-order chi connectivity index (χ0) is 24.8. The number of aryl methyl sites for hydroxylation is 1. The van der Waals surface area contributed by atoms with Gasteiger partial charge in [-0.15, -0.1) is 0 Å². The van der Waals surface area contributed by atoms with Crippen molar-refractivity contribution in [2.24, 2.45) is 0 Å². The molecule has 0 bridgehead atoms. The summed E-state index contributed by atoms with van der Waals surface area (Å²) in [6.45, 7) is 3.27. The van der Waals surface area contributed by atoms with Gasteiger partial charge in [-0.05, 0) is 35.4 Å². The number of thioether (sulfide) groups is 1. The van der Waals surface area contributed by atoms with Gasteiger partial charge >= 0.3 is 0 Å². The molecule has 0 spiro atoms. The third kappa shape index (κ3) is 6.31. The average Bonchev–Trinajstić information content (AvgIpc) is 3.16. The third-order valence-electron chi connectivity index (χ3n) is 5.66. The van der Waals surface area contributed by atoms with Crippen molar-refractivity contribution in [1.82, 2.24) is 0 Å². The fourth-order valence-corrected chi connectivity index (χ4v) is 5.73. The molecule has 0 amide bonds. The summed E-state index contributed by atoms with van der Waals surface area (Å²) in [7, 11) is -1.98. The van der Waals surface area contributed by atoms with Crippen molar-refractivity contribution in [3.05, 3.63) is 107 Å². The highest BCUT2D eigenvalue weighted by Crippen LogP contribution is 2.45. The smallest absolute Gasteiger partial charge is 0.213 e. The van der Waals surface area contributed by atoms with E-state index < -0.39 is 15.9 Å². The molecule has 0 radical (unpaired) electrons. The number of hydrogen-bond acceptors (Lipinski definition) is 5. The van der Waals surface area contributed by atoms with Gasteiger partial charge in [0.25, 0.3) is 0 Å².